The summed E-state index contributed by atoms with van der Waals surface area (Å²) in [4.78, 5) is 0. The van der Waals surface area contributed by atoms with E-state index in [0.717, 1.165) is 28.7 Å². The molecule has 2 aromatic carbocycles. The maximum Gasteiger partial charge on any atom is 0.203 e. The molecule has 0 heterocycles. The molecule has 29 heavy (non-hydrogen) atoms. The molecule has 0 bridgehead atoms. The fourth-order valence-corrected chi connectivity index (χ4v) is 4.26. The van der Waals surface area contributed by atoms with Crippen LogP contribution in [0.3, 0.4) is 0 Å². The van der Waals surface area contributed by atoms with Gasteiger partial charge in [-0.1, -0.05) is 13.8 Å². The normalized spacial score (nSPS) is 17.5. The lowest BCUT2D eigenvalue weighted by Crippen LogP contribution is -2.08. The fourth-order valence-electron chi connectivity index (χ4n) is 4.26. The second kappa shape index (κ2) is 8.31. The minimum atomic E-state index is 0.257. The smallest absolute Gasteiger partial charge is 0.203 e. The molecule has 0 radical (unpaired) electrons. The van der Waals surface area contributed by atoms with E-state index in [9.17, 15) is 0 Å². The van der Waals surface area contributed by atoms with Gasteiger partial charge in [-0.2, -0.15) is 0 Å². The summed E-state index contributed by atoms with van der Waals surface area (Å²) >= 11 is 0. The Balaban J connectivity index is 2.53. The molecule has 0 saturated carbocycles. The first kappa shape index (κ1) is 21.0. The van der Waals surface area contributed by atoms with Crippen LogP contribution < -0.4 is 28.4 Å². The third kappa shape index (κ3) is 3.20. The summed E-state index contributed by atoms with van der Waals surface area (Å²) < 4.78 is 34.3. The predicted octanol–water partition coefficient (Wildman–Crippen LogP) is 4.70. The Bertz CT molecular complexity index is 905. The van der Waals surface area contributed by atoms with Gasteiger partial charge in [0.25, 0.3) is 0 Å². The molecule has 0 aliphatic heterocycles. The average Bonchev–Trinajstić information content (AvgIpc) is 2.85. The van der Waals surface area contributed by atoms with E-state index in [2.05, 4.69) is 13.8 Å². The van der Waals surface area contributed by atoms with Gasteiger partial charge in [0.2, 0.25) is 11.5 Å². The van der Waals surface area contributed by atoms with Gasteiger partial charge in [-0.15, -0.1) is 0 Å². The number of ether oxygens (including phenoxy) is 6. The summed E-state index contributed by atoms with van der Waals surface area (Å²) in [7, 11) is 9.78. The van der Waals surface area contributed by atoms with Gasteiger partial charge in [0.1, 0.15) is 0 Å². The Morgan fingerprint density at radius 2 is 1.10 bits per heavy atom. The quantitative estimate of drug-likeness (QED) is 0.698. The van der Waals surface area contributed by atoms with Crippen LogP contribution >= 0.6 is 0 Å². The van der Waals surface area contributed by atoms with Crippen LogP contribution in [-0.2, 0) is 6.42 Å². The van der Waals surface area contributed by atoms with E-state index in [-0.39, 0.29) is 5.92 Å². The van der Waals surface area contributed by atoms with Crippen LogP contribution in [0.2, 0.25) is 0 Å². The molecule has 0 aromatic heterocycles. The lowest BCUT2D eigenvalue weighted by Gasteiger charge is -2.24. The third-order valence-electron chi connectivity index (χ3n) is 5.91. The first-order valence-corrected chi connectivity index (χ1v) is 9.62. The zero-order chi connectivity index (χ0) is 21.3. The first-order valence-electron chi connectivity index (χ1n) is 9.62. The van der Waals surface area contributed by atoms with E-state index < -0.39 is 0 Å². The standard InChI is InChI=1S/C23H30O6/c1-12-9-14-10-16(24-3)20(26-5)22(28-7)18(14)19-15(13(12)2)11-17(25-4)21(27-6)23(19)29-8/h10-13H,9H2,1-8H3/t12-,13-/m0/s1. The van der Waals surface area contributed by atoms with Crippen molar-refractivity contribution in [1.29, 1.82) is 0 Å². The second-order valence-electron chi connectivity index (χ2n) is 7.26. The SMILES string of the molecule is COc1cc2c(c(OC)c1OC)-c1c(cc(OC)c(OC)c1OC)[C@@H](C)[C@@H](C)C2. The molecular formula is C23H30O6. The number of benzene rings is 2. The van der Waals surface area contributed by atoms with E-state index in [1.165, 1.54) is 0 Å². The van der Waals surface area contributed by atoms with Gasteiger partial charge < -0.3 is 28.4 Å². The van der Waals surface area contributed by atoms with Crippen molar-refractivity contribution in [3.63, 3.8) is 0 Å². The zero-order valence-corrected chi connectivity index (χ0v) is 18.5. The molecule has 158 valence electrons. The fraction of sp³-hybridized carbons (Fsp3) is 0.478. The van der Waals surface area contributed by atoms with Crippen LogP contribution in [-0.4, -0.2) is 42.7 Å². The molecule has 6 nitrogen and oxygen atoms in total. The maximum atomic E-state index is 5.87. The van der Waals surface area contributed by atoms with Crippen LogP contribution in [0.1, 0.15) is 30.9 Å². The van der Waals surface area contributed by atoms with E-state index in [1.807, 2.05) is 12.1 Å². The van der Waals surface area contributed by atoms with Crippen molar-refractivity contribution in [3.8, 4) is 45.6 Å². The van der Waals surface area contributed by atoms with Crippen molar-refractivity contribution in [1.82, 2.24) is 0 Å². The molecule has 2 aromatic rings. The van der Waals surface area contributed by atoms with Gasteiger partial charge in [0.15, 0.2) is 23.0 Å². The Morgan fingerprint density at radius 1 is 0.621 bits per heavy atom. The molecule has 0 amide bonds. The highest BCUT2D eigenvalue weighted by Crippen LogP contribution is 2.57. The summed E-state index contributed by atoms with van der Waals surface area (Å²) in [5, 5.41) is 0. The van der Waals surface area contributed by atoms with Crippen molar-refractivity contribution in [2.45, 2.75) is 26.2 Å². The molecule has 0 saturated heterocycles. The maximum absolute atomic E-state index is 5.87. The largest absolute Gasteiger partial charge is 0.493 e. The highest BCUT2D eigenvalue weighted by molar-refractivity contribution is 5.89. The van der Waals surface area contributed by atoms with Gasteiger partial charge >= 0.3 is 0 Å². The van der Waals surface area contributed by atoms with E-state index >= 15 is 0 Å². The minimum Gasteiger partial charge on any atom is -0.493 e. The number of fused-ring (bicyclic) bond motifs is 3. The predicted molar refractivity (Wildman–Crippen MR) is 112 cm³/mol. The molecule has 0 N–H and O–H groups in total. The van der Waals surface area contributed by atoms with Crippen LogP contribution in [0.15, 0.2) is 12.1 Å². The van der Waals surface area contributed by atoms with E-state index in [4.69, 9.17) is 28.4 Å². The molecule has 6 heteroatoms. The summed E-state index contributed by atoms with van der Waals surface area (Å²) in [5.74, 6) is 4.27. The third-order valence-corrected chi connectivity index (χ3v) is 5.91. The number of hydrogen-bond acceptors (Lipinski definition) is 6. The van der Waals surface area contributed by atoms with Crippen molar-refractivity contribution in [2.75, 3.05) is 42.7 Å². The van der Waals surface area contributed by atoms with Gasteiger partial charge in [-0.3, -0.25) is 0 Å². The van der Waals surface area contributed by atoms with Crippen molar-refractivity contribution < 1.29 is 28.4 Å². The molecule has 2 atom stereocenters. The highest BCUT2D eigenvalue weighted by Gasteiger charge is 2.35. The molecular weight excluding hydrogens is 372 g/mol. The van der Waals surface area contributed by atoms with Crippen LogP contribution in [0.4, 0.5) is 0 Å². The minimum absolute atomic E-state index is 0.257. The van der Waals surface area contributed by atoms with Crippen LogP contribution in [0.25, 0.3) is 11.1 Å². The van der Waals surface area contributed by atoms with Crippen molar-refractivity contribution >= 4 is 0 Å². The Labute approximate surface area is 172 Å². The summed E-state index contributed by atoms with van der Waals surface area (Å²) in [5.41, 5.74) is 4.11. The van der Waals surface area contributed by atoms with Crippen molar-refractivity contribution in [2.24, 2.45) is 5.92 Å². The van der Waals surface area contributed by atoms with Crippen molar-refractivity contribution in [3.05, 3.63) is 23.3 Å². The molecule has 0 fully saturated rings. The topological polar surface area (TPSA) is 55.4 Å². The molecule has 0 unspecified atom stereocenters. The van der Waals surface area contributed by atoms with Crippen LogP contribution in [0.5, 0.6) is 34.5 Å². The Kier molecular flexibility index (Phi) is 6.01. The molecule has 0 spiro atoms. The zero-order valence-electron chi connectivity index (χ0n) is 18.5. The number of hydrogen-bond donors (Lipinski definition) is 0. The van der Waals surface area contributed by atoms with E-state index in [1.54, 1.807) is 42.7 Å². The monoisotopic (exact) mass is 402 g/mol. The molecule has 1 aliphatic carbocycles. The lowest BCUT2D eigenvalue weighted by molar-refractivity contribution is 0.321. The number of rotatable bonds is 6. The summed E-state index contributed by atoms with van der Waals surface area (Å²) in [6.07, 6.45) is 0.857. The highest BCUT2D eigenvalue weighted by atomic mass is 16.5. The average molecular weight is 402 g/mol. The Hall–Kier alpha value is -2.76. The second-order valence-corrected chi connectivity index (χ2v) is 7.26. The van der Waals surface area contributed by atoms with Gasteiger partial charge in [-0.25, -0.2) is 0 Å². The van der Waals surface area contributed by atoms with E-state index in [0.29, 0.717) is 40.4 Å². The number of methoxy groups -OCH3 is 6. The van der Waals surface area contributed by atoms with Gasteiger partial charge in [0.05, 0.1) is 42.7 Å². The lowest BCUT2D eigenvalue weighted by atomic mass is 9.85. The van der Waals surface area contributed by atoms with Gasteiger partial charge in [-0.05, 0) is 41.5 Å². The first-order chi connectivity index (χ1) is 14.0. The van der Waals surface area contributed by atoms with Gasteiger partial charge in [0, 0.05) is 11.1 Å². The summed E-state index contributed by atoms with van der Waals surface area (Å²) in [6, 6.07) is 4.08. The van der Waals surface area contributed by atoms with Crippen LogP contribution in [0, 0.1) is 5.92 Å². The molecule has 3 rings (SSSR count). The molecule has 1 aliphatic rings. The summed E-state index contributed by atoms with van der Waals surface area (Å²) in [6.45, 7) is 4.47. The Morgan fingerprint density at radius 3 is 1.59 bits per heavy atom.